The average Bonchev–Trinajstić information content (AvgIpc) is 1.58. The number of aryl methyl sites for hydroxylation is 2. The molecule has 0 bridgehead atoms. The standard InChI is InChI=1S/C26H36BN3O3.C23H29N3O2.C22H28N4O2.C21H27N3O/c1-25(2)26(3,4)33-27(32-25)20-9-7-8-18-16-23(24(31)17-19(18)20)30-14-12-29(13-15-30)22-11-6-5-10-21(22)28;1-16-6-5-7-18-14-22(23(28)15-19(16)18)26-12-10-25(11-13-26)21-9-4-3-8-20(21)24-17(2)27;1-15(27)24-19-7-2-3-8-20(19)25-9-11-26(12-10-25)21-13-16-5-4-6-18(23)17(16)14-22(21)28;1-15-5-4-6-16-13-20(21(25)14-17(15)16)24-11-9-23(10-12-24)19-8-3-2-7-18(19)22/h5-11,23-24,31H,12-17,28H2,1-4H3;3-9,22-23,28H,10-15H2,1-2H3,(H,24,27);2-8,21-22,28H,9-14,23H2,1H3,(H,24,27);2-8,20-21,25H,9-14,22H2,1H3. The summed E-state index contributed by atoms with van der Waals surface area (Å²) in [7, 11) is -0.395. The molecular weight excluding hydrogens is 1430 g/mol. The molecule has 8 aromatic rings. The molecule has 4 aliphatic carbocycles. The summed E-state index contributed by atoms with van der Waals surface area (Å²) in [6.45, 7) is 30.3. The third-order valence-electron chi connectivity index (χ3n) is 26.1. The molecule has 8 unspecified atom stereocenters. The van der Waals surface area contributed by atoms with Crippen LogP contribution in [0, 0.1) is 13.8 Å². The Bertz CT molecular complexity index is 4490. The molecule has 5 fully saturated rings. The number of amides is 2. The number of aliphatic hydroxyl groups is 4. The van der Waals surface area contributed by atoms with Crippen LogP contribution in [0.15, 0.2) is 170 Å². The summed E-state index contributed by atoms with van der Waals surface area (Å²) in [5.74, 6) is -0.111. The Hall–Kier alpha value is -9.04. The van der Waals surface area contributed by atoms with E-state index in [1.807, 2.05) is 84.9 Å². The first-order chi connectivity index (χ1) is 54.8. The number of fused-ring (bicyclic) bond motifs is 4. The highest BCUT2D eigenvalue weighted by molar-refractivity contribution is 6.62. The van der Waals surface area contributed by atoms with Crippen LogP contribution in [-0.4, -0.2) is 223 Å². The maximum atomic E-state index is 11.5. The first-order valence-corrected chi connectivity index (χ1v) is 41.4. The fourth-order valence-electron chi connectivity index (χ4n) is 19.0. The van der Waals surface area contributed by atoms with Gasteiger partial charge < -0.3 is 77.2 Å². The van der Waals surface area contributed by atoms with Gasteiger partial charge in [-0.1, -0.05) is 115 Å². The Kier molecular flexibility index (Phi) is 25.5. The Morgan fingerprint density at radius 3 is 0.991 bits per heavy atom. The maximum absolute atomic E-state index is 11.5. The zero-order chi connectivity index (χ0) is 80.1. The van der Waals surface area contributed by atoms with Crippen LogP contribution in [0.25, 0.3) is 0 Å². The lowest BCUT2D eigenvalue weighted by Gasteiger charge is -2.44. The zero-order valence-corrected chi connectivity index (χ0v) is 68.1. The van der Waals surface area contributed by atoms with E-state index in [0.717, 1.165) is 205 Å². The number of hydrogen-bond donors (Lipinski definition) is 9. The van der Waals surface area contributed by atoms with E-state index in [1.54, 1.807) is 6.92 Å². The lowest BCUT2D eigenvalue weighted by Crippen LogP contribution is -2.56. The molecule has 12 N–H and O–H groups in total. The first kappa shape index (κ1) is 81.5. The number of nitrogens with one attached hydrogen (secondary N) is 2. The Morgan fingerprint density at radius 1 is 0.351 bits per heavy atom. The number of hydrogen-bond acceptors (Lipinski definition) is 19. The van der Waals surface area contributed by atoms with Gasteiger partial charge in [-0.2, -0.15) is 0 Å². The fraction of sp³-hybridized carbons (Fsp3) is 0.457. The predicted octanol–water partition coefficient (Wildman–Crippen LogP) is 8.93. The van der Waals surface area contributed by atoms with E-state index in [-0.39, 0.29) is 59.4 Å². The highest BCUT2D eigenvalue weighted by Crippen LogP contribution is 2.40. The maximum Gasteiger partial charge on any atom is 0.495 e. The minimum absolute atomic E-state index is 0.0506. The van der Waals surface area contributed by atoms with Crippen molar-refractivity contribution < 1.29 is 39.3 Å². The molecule has 21 nitrogen and oxygen atoms in total. The molecule has 22 heteroatoms. The fourth-order valence-corrected chi connectivity index (χ4v) is 19.0. The molecule has 5 heterocycles. The molecule has 2 amide bonds. The molecule has 0 spiro atoms. The summed E-state index contributed by atoms with van der Waals surface area (Å²) < 4.78 is 12.7. The normalized spacial score (nSPS) is 24.2. The lowest BCUT2D eigenvalue weighted by molar-refractivity contribution is -0.115. The summed E-state index contributed by atoms with van der Waals surface area (Å²) in [5, 5.41) is 49.4. The molecule has 0 saturated carbocycles. The number of anilines is 9. The van der Waals surface area contributed by atoms with Gasteiger partial charge in [0.25, 0.3) is 0 Å². The monoisotopic (exact) mass is 1550 g/mol. The summed E-state index contributed by atoms with van der Waals surface area (Å²) in [6.07, 6.45) is 4.94. The molecule has 8 aromatic carbocycles. The van der Waals surface area contributed by atoms with Crippen molar-refractivity contribution in [2.45, 2.75) is 167 Å². The van der Waals surface area contributed by atoms with Crippen LogP contribution in [0.5, 0.6) is 0 Å². The van der Waals surface area contributed by atoms with Crippen LogP contribution in [0.1, 0.15) is 97.2 Å². The van der Waals surface area contributed by atoms with Gasteiger partial charge in [0.2, 0.25) is 11.8 Å². The van der Waals surface area contributed by atoms with Gasteiger partial charge in [-0.3, -0.25) is 29.2 Å². The smallest absolute Gasteiger partial charge is 0.399 e. The summed E-state index contributed by atoms with van der Waals surface area (Å²) in [6, 6.07) is 58.1. The molecule has 9 aliphatic rings. The van der Waals surface area contributed by atoms with E-state index in [2.05, 4.69) is 176 Å². The summed E-state index contributed by atoms with van der Waals surface area (Å²) in [5.41, 5.74) is 40.2. The zero-order valence-electron chi connectivity index (χ0n) is 68.1. The van der Waals surface area contributed by atoms with Crippen molar-refractivity contribution in [2.75, 3.05) is 152 Å². The molecule has 17 rings (SSSR count). The highest BCUT2D eigenvalue weighted by Gasteiger charge is 2.53. The van der Waals surface area contributed by atoms with Gasteiger partial charge in [-0.15, -0.1) is 0 Å². The number of rotatable bonds is 11. The van der Waals surface area contributed by atoms with Crippen molar-refractivity contribution in [1.29, 1.82) is 0 Å². The van der Waals surface area contributed by atoms with E-state index < -0.39 is 19.3 Å². The second-order valence-electron chi connectivity index (χ2n) is 33.8. The Labute approximate surface area is 675 Å². The number of carbonyl (C=O) groups is 2. The average molecular weight is 1550 g/mol. The first-order valence-electron chi connectivity index (χ1n) is 41.4. The van der Waals surface area contributed by atoms with Crippen LogP contribution in [0.4, 0.5) is 51.2 Å². The quantitative estimate of drug-likeness (QED) is 0.0432. The number of carbonyl (C=O) groups excluding carboxylic acids is 2. The Balaban J connectivity index is 0.000000126. The van der Waals surface area contributed by atoms with Crippen LogP contribution in [0.2, 0.25) is 0 Å². The molecule has 0 radical (unpaired) electrons. The van der Waals surface area contributed by atoms with Gasteiger partial charge in [-0.25, -0.2) is 0 Å². The minimum atomic E-state index is -0.408. The van der Waals surface area contributed by atoms with Crippen molar-refractivity contribution in [3.05, 3.63) is 225 Å². The Morgan fingerprint density at radius 2 is 0.632 bits per heavy atom. The SMILES string of the molecule is CC(=O)Nc1ccccc1N1CCN(C2Cc3cccc(C)c3CC2O)CC1.CC(=O)Nc1ccccc1N1CCN(C2Cc3cccc(N)c3CC2O)CC1.CC1(C)OB(c2cccc3c2CC(O)C(N2CCN(c4ccccc4N)CC2)C3)OC1(C)C.Cc1cccc2c1CC(O)C(N1CCN(c3ccccc3N)CC1)C2. The molecule has 604 valence electrons. The van der Waals surface area contributed by atoms with Crippen LogP contribution >= 0.6 is 0 Å². The molecule has 0 aromatic heterocycles. The number of aliphatic hydroxyl groups excluding tert-OH is 4. The lowest BCUT2D eigenvalue weighted by atomic mass is 9.70. The molecule has 114 heavy (non-hydrogen) atoms. The van der Waals surface area contributed by atoms with Gasteiger partial charge in [0.1, 0.15) is 0 Å². The van der Waals surface area contributed by atoms with Gasteiger partial charge >= 0.3 is 7.12 Å². The van der Waals surface area contributed by atoms with Crippen molar-refractivity contribution in [1.82, 2.24) is 19.6 Å². The van der Waals surface area contributed by atoms with Gasteiger partial charge in [-0.05, 0) is 189 Å². The number of nitrogens with zero attached hydrogens (tertiary/aromatic N) is 8. The molecule has 5 aliphatic heterocycles. The van der Waals surface area contributed by atoms with E-state index in [4.69, 9.17) is 26.5 Å². The summed E-state index contributed by atoms with van der Waals surface area (Å²) >= 11 is 0. The third-order valence-corrected chi connectivity index (χ3v) is 26.1. The summed E-state index contributed by atoms with van der Waals surface area (Å²) in [4.78, 5) is 42.1. The van der Waals surface area contributed by atoms with Crippen molar-refractivity contribution in [3.8, 4) is 0 Å². The molecule has 5 saturated heterocycles. The highest BCUT2D eigenvalue weighted by atomic mass is 16.7. The topological polar surface area (TPSA) is 262 Å². The van der Waals surface area contributed by atoms with Crippen molar-refractivity contribution in [3.63, 3.8) is 0 Å². The van der Waals surface area contributed by atoms with E-state index in [9.17, 15) is 30.0 Å². The second kappa shape index (κ2) is 35.6. The third kappa shape index (κ3) is 18.3. The van der Waals surface area contributed by atoms with Crippen molar-refractivity contribution >= 4 is 75.6 Å². The number of nitrogens with two attached hydrogens (primary N) is 3. The minimum Gasteiger partial charge on any atom is -0.399 e. The molecular formula is C92H120BN13O8. The van der Waals surface area contributed by atoms with Crippen LogP contribution in [-0.2, 0) is 70.3 Å². The van der Waals surface area contributed by atoms with Crippen LogP contribution in [0.3, 0.4) is 0 Å². The van der Waals surface area contributed by atoms with Crippen LogP contribution < -0.4 is 52.9 Å². The van der Waals surface area contributed by atoms with E-state index in [1.165, 1.54) is 57.0 Å². The number of piperazine rings is 4. The number of nitrogen functional groups attached to an aromatic ring is 3. The number of benzene rings is 8. The second-order valence-corrected chi connectivity index (χ2v) is 33.8. The van der Waals surface area contributed by atoms with E-state index in [0.29, 0.717) is 12.8 Å². The molecule has 8 atom stereocenters. The number of para-hydroxylation sites is 8. The van der Waals surface area contributed by atoms with Gasteiger partial charge in [0.15, 0.2) is 0 Å². The van der Waals surface area contributed by atoms with Crippen molar-refractivity contribution in [2.24, 2.45) is 0 Å². The largest absolute Gasteiger partial charge is 0.495 e. The predicted molar refractivity (Wildman–Crippen MR) is 463 cm³/mol. The van der Waals surface area contributed by atoms with Gasteiger partial charge in [0.05, 0.1) is 81.1 Å². The van der Waals surface area contributed by atoms with Gasteiger partial charge in [0, 0.05) is 168 Å². The van der Waals surface area contributed by atoms with E-state index >= 15 is 0 Å².